The Bertz CT molecular complexity index is 886. The average molecular weight is 477 g/mol. The summed E-state index contributed by atoms with van der Waals surface area (Å²) >= 11 is 3.40. The Kier molecular flexibility index (Phi) is 9.17. The maximum Gasteiger partial charge on any atom is 0.254 e. The third-order valence-corrected chi connectivity index (χ3v) is 4.93. The molecule has 6 nitrogen and oxygen atoms in total. The van der Waals surface area contributed by atoms with Crippen LogP contribution in [0.1, 0.15) is 42.6 Å². The molecule has 0 aliphatic carbocycles. The van der Waals surface area contributed by atoms with Crippen LogP contribution in [-0.4, -0.2) is 43.5 Å². The number of rotatable bonds is 10. The van der Waals surface area contributed by atoms with Crippen molar-refractivity contribution >= 4 is 33.4 Å². The number of hydrogen-bond donors (Lipinski definition) is 1. The lowest BCUT2D eigenvalue weighted by Gasteiger charge is -2.19. The van der Waals surface area contributed by atoms with Crippen LogP contribution in [0.15, 0.2) is 40.9 Å². The van der Waals surface area contributed by atoms with Crippen LogP contribution in [-0.2, 0) is 4.79 Å². The van der Waals surface area contributed by atoms with Gasteiger partial charge >= 0.3 is 0 Å². The quantitative estimate of drug-likeness (QED) is 0.487. The monoisotopic (exact) mass is 476 g/mol. The number of carbonyl (C=O) groups is 2. The van der Waals surface area contributed by atoms with Crippen molar-refractivity contribution in [3.8, 4) is 11.5 Å². The smallest absolute Gasteiger partial charge is 0.254 e. The lowest BCUT2D eigenvalue weighted by Crippen LogP contribution is -2.35. The minimum atomic E-state index is -0.265. The van der Waals surface area contributed by atoms with Gasteiger partial charge < -0.3 is 19.7 Å². The zero-order chi connectivity index (χ0) is 22.1. The molecule has 2 aromatic rings. The summed E-state index contributed by atoms with van der Waals surface area (Å²) < 4.78 is 12.3. The molecule has 0 aliphatic heterocycles. The molecule has 0 unspecified atom stereocenters. The van der Waals surface area contributed by atoms with Crippen LogP contribution in [0.4, 0.5) is 5.69 Å². The molecule has 0 bridgehead atoms. The Balaban J connectivity index is 2.05. The molecule has 0 spiro atoms. The fraction of sp³-hybridized carbons (Fsp3) is 0.391. The van der Waals surface area contributed by atoms with Crippen LogP contribution in [0, 0.1) is 6.92 Å². The second kappa shape index (κ2) is 11.6. The number of anilines is 1. The molecule has 0 aliphatic rings. The zero-order valence-electron chi connectivity index (χ0n) is 18.0. The highest BCUT2D eigenvalue weighted by atomic mass is 79.9. The highest BCUT2D eigenvalue weighted by Gasteiger charge is 2.18. The maximum atomic E-state index is 12.8. The fourth-order valence-electron chi connectivity index (χ4n) is 2.82. The Morgan fingerprint density at radius 3 is 2.50 bits per heavy atom. The fourth-order valence-corrected chi connectivity index (χ4v) is 3.30. The van der Waals surface area contributed by atoms with Crippen molar-refractivity contribution in [1.82, 2.24) is 4.90 Å². The molecule has 0 heterocycles. The van der Waals surface area contributed by atoms with E-state index in [1.54, 1.807) is 25.2 Å². The van der Waals surface area contributed by atoms with Crippen LogP contribution in [0.5, 0.6) is 11.5 Å². The third kappa shape index (κ3) is 6.76. The number of nitrogens with zero attached hydrogens (tertiary/aromatic N) is 1. The summed E-state index contributed by atoms with van der Waals surface area (Å²) in [5.41, 5.74) is 2.10. The van der Waals surface area contributed by atoms with E-state index in [1.165, 1.54) is 4.90 Å². The van der Waals surface area contributed by atoms with E-state index < -0.39 is 0 Å². The van der Waals surface area contributed by atoms with E-state index in [9.17, 15) is 9.59 Å². The first-order valence-corrected chi connectivity index (χ1v) is 10.9. The first-order chi connectivity index (χ1) is 14.3. The number of ether oxygens (including phenoxy) is 2. The summed E-state index contributed by atoms with van der Waals surface area (Å²) in [4.78, 5) is 26.6. The summed E-state index contributed by atoms with van der Waals surface area (Å²) in [6.45, 7) is 6.89. The van der Waals surface area contributed by atoms with Gasteiger partial charge in [0.1, 0.15) is 0 Å². The van der Waals surface area contributed by atoms with Gasteiger partial charge in [0.15, 0.2) is 11.5 Å². The van der Waals surface area contributed by atoms with E-state index in [2.05, 4.69) is 28.2 Å². The van der Waals surface area contributed by atoms with Gasteiger partial charge in [0, 0.05) is 22.8 Å². The van der Waals surface area contributed by atoms with Gasteiger partial charge in [0.25, 0.3) is 5.91 Å². The lowest BCUT2D eigenvalue weighted by atomic mass is 10.1. The molecule has 162 valence electrons. The maximum absolute atomic E-state index is 12.8. The van der Waals surface area contributed by atoms with Crippen molar-refractivity contribution in [3.63, 3.8) is 0 Å². The number of benzene rings is 2. The van der Waals surface area contributed by atoms with E-state index in [1.807, 2.05) is 32.0 Å². The standard InChI is InChI=1S/C23H29BrN2O4/c1-5-7-12-30-20-11-8-17(14-21(20)29-6-2)23(28)26(4)15-22(27)25-19-10-9-18(24)13-16(19)3/h8-11,13-14H,5-7,12,15H2,1-4H3,(H,25,27). The molecule has 0 saturated carbocycles. The predicted molar refractivity (Wildman–Crippen MR) is 122 cm³/mol. The number of carbonyl (C=O) groups excluding carboxylic acids is 2. The molecule has 7 heteroatoms. The Morgan fingerprint density at radius 1 is 1.07 bits per heavy atom. The molecular formula is C23H29BrN2O4. The first kappa shape index (κ1) is 23.7. The topological polar surface area (TPSA) is 67.9 Å². The van der Waals surface area contributed by atoms with Crippen molar-refractivity contribution in [3.05, 3.63) is 52.0 Å². The van der Waals surface area contributed by atoms with Crippen LogP contribution in [0.25, 0.3) is 0 Å². The molecule has 0 saturated heterocycles. The number of halogens is 1. The minimum absolute atomic E-state index is 0.0624. The Morgan fingerprint density at radius 2 is 1.83 bits per heavy atom. The molecule has 0 radical (unpaired) electrons. The van der Waals surface area contributed by atoms with E-state index in [0.717, 1.165) is 28.6 Å². The summed E-state index contributed by atoms with van der Waals surface area (Å²) in [5.74, 6) is 0.621. The van der Waals surface area contributed by atoms with Gasteiger partial charge in [-0.25, -0.2) is 0 Å². The van der Waals surface area contributed by atoms with Crippen molar-refractivity contribution in [2.24, 2.45) is 0 Å². The predicted octanol–water partition coefficient (Wildman–Crippen LogP) is 5.05. The normalized spacial score (nSPS) is 10.4. The Hall–Kier alpha value is -2.54. The molecule has 30 heavy (non-hydrogen) atoms. The molecule has 2 aromatic carbocycles. The summed E-state index contributed by atoms with van der Waals surface area (Å²) in [7, 11) is 1.60. The number of aryl methyl sites for hydroxylation is 1. The van der Waals surface area contributed by atoms with Gasteiger partial charge in [0.05, 0.1) is 19.8 Å². The van der Waals surface area contributed by atoms with E-state index in [0.29, 0.717) is 30.3 Å². The van der Waals surface area contributed by atoms with Crippen LogP contribution in [0.3, 0.4) is 0 Å². The second-order valence-corrected chi connectivity index (χ2v) is 7.88. The van der Waals surface area contributed by atoms with Gasteiger partial charge in [-0.3, -0.25) is 9.59 Å². The molecule has 2 rings (SSSR count). The van der Waals surface area contributed by atoms with Gasteiger partial charge in [-0.2, -0.15) is 0 Å². The largest absolute Gasteiger partial charge is 0.490 e. The van der Waals surface area contributed by atoms with Crippen molar-refractivity contribution in [2.75, 3.05) is 32.1 Å². The van der Waals surface area contributed by atoms with Gasteiger partial charge in [-0.15, -0.1) is 0 Å². The summed E-state index contributed by atoms with van der Waals surface area (Å²) in [6, 6.07) is 10.7. The molecular weight excluding hydrogens is 448 g/mol. The SMILES string of the molecule is CCCCOc1ccc(C(=O)N(C)CC(=O)Nc2ccc(Br)cc2C)cc1OCC. The third-order valence-electron chi connectivity index (χ3n) is 4.44. The molecule has 0 aromatic heterocycles. The van der Waals surface area contributed by atoms with E-state index in [4.69, 9.17) is 9.47 Å². The molecule has 2 amide bonds. The van der Waals surface area contributed by atoms with Crippen LogP contribution >= 0.6 is 15.9 Å². The van der Waals surface area contributed by atoms with Crippen molar-refractivity contribution < 1.29 is 19.1 Å². The molecule has 1 N–H and O–H groups in total. The van der Waals surface area contributed by atoms with Crippen LogP contribution < -0.4 is 14.8 Å². The number of amides is 2. The van der Waals surface area contributed by atoms with Crippen molar-refractivity contribution in [2.45, 2.75) is 33.6 Å². The number of nitrogens with one attached hydrogen (secondary N) is 1. The second-order valence-electron chi connectivity index (χ2n) is 6.97. The molecule has 0 fully saturated rings. The number of likely N-dealkylation sites (N-methyl/N-ethyl adjacent to an activating group) is 1. The highest BCUT2D eigenvalue weighted by Crippen LogP contribution is 2.29. The van der Waals surface area contributed by atoms with Crippen molar-refractivity contribution in [1.29, 1.82) is 0 Å². The van der Waals surface area contributed by atoms with E-state index >= 15 is 0 Å². The number of unbranched alkanes of at least 4 members (excludes halogenated alkanes) is 1. The zero-order valence-corrected chi connectivity index (χ0v) is 19.5. The van der Waals surface area contributed by atoms with Gasteiger partial charge in [-0.05, 0) is 62.2 Å². The minimum Gasteiger partial charge on any atom is -0.490 e. The van der Waals surface area contributed by atoms with Gasteiger partial charge in [-0.1, -0.05) is 29.3 Å². The summed E-state index contributed by atoms with van der Waals surface area (Å²) in [5, 5.41) is 2.85. The highest BCUT2D eigenvalue weighted by molar-refractivity contribution is 9.10. The first-order valence-electron chi connectivity index (χ1n) is 10.1. The average Bonchev–Trinajstić information content (AvgIpc) is 2.71. The van der Waals surface area contributed by atoms with Gasteiger partial charge in [0.2, 0.25) is 5.91 Å². The molecule has 0 atom stereocenters. The summed E-state index contributed by atoms with van der Waals surface area (Å²) in [6.07, 6.45) is 1.98. The Labute approximate surface area is 186 Å². The lowest BCUT2D eigenvalue weighted by molar-refractivity contribution is -0.116. The van der Waals surface area contributed by atoms with Crippen LogP contribution in [0.2, 0.25) is 0 Å². The number of hydrogen-bond acceptors (Lipinski definition) is 4. The van der Waals surface area contributed by atoms with E-state index in [-0.39, 0.29) is 18.4 Å².